The average Bonchev–Trinajstić information content (AvgIpc) is 3.10. The maximum atomic E-state index is 10.2. The number of aryl methyl sites for hydroxylation is 1. The Kier molecular flexibility index (Phi) is 2.84. The van der Waals surface area contributed by atoms with Crippen LogP contribution < -0.4 is 5.73 Å². The first-order chi connectivity index (χ1) is 8.70. The van der Waals surface area contributed by atoms with Gasteiger partial charge in [-0.05, 0) is 50.4 Å². The number of benzene rings is 1. The number of aromatic nitrogens is 2. The van der Waals surface area contributed by atoms with Gasteiger partial charge in [0.1, 0.15) is 11.9 Å². The second kappa shape index (κ2) is 4.37. The molecule has 0 spiro atoms. The van der Waals surface area contributed by atoms with E-state index in [4.69, 9.17) is 5.73 Å². The highest BCUT2D eigenvalue weighted by atomic mass is 16.3. The highest BCUT2D eigenvalue weighted by Gasteiger charge is 2.30. The van der Waals surface area contributed by atoms with Gasteiger partial charge in [-0.2, -0.15) is 0 Å². The molecule has 0 radical (unpaired) electrons. The molecule has 18 heavy (non-hydrogen) atoms. The highest BCUT2D eigenvalue weighted by Crippen LogP contribution is 2.40. The minimum atomic E-state index is -0.552. The molecule has 1 atom stereocenters. The molecule has 1 saturated carbocycles. The fourth-order valence-corrected chi connectivity index (χ4v) is 2.47. The zero-order valence-electron chi connectivity index (χ0n) is 10.6. The number of fused-ring (bicyclic) bond motifs is 1. The monoisotopic (exact) mass is 245 g/mol. The summed E-state index contributed by atoms with van der Waals surface area (Å²) in [6, 6.07) is 6.80. The van der Waals surface area contributed by atoms with Crippen molar-refractivity contribution in [2.45, 2.75) is 38.3 Å². The van der Waals surface area contributed by atoms with Gasteiger partial charge in [0, 0.05) is 6.04 Å². The van der Waals surface area contributed by atoms with E-state index < -0.39 is 6.10 Å². The third-order valence-corrected chi connectivity index (χ3v) is 3.52. The van der Waals surface area contributed by atoms with E-state index in [0.29, 0.717) is 19.0 Å². The third-order valence-electron chi connectivity index (χ3n) is 3.52. The molecule has 1 heterocycles. The molecule has 1 fully saturated rings. The van der Waals surface area contributed by atoms with Crippen molar-refractivity contribution in [1.82, 2.24) is 9.55 Å². The van der Waals surface area contributed by atoms with E-state index in [2.05, 4.69) is 34.7 Å². The van der Waals surface area contributed by atoms with E-state index in [-0.39, 0.29) is 0 Å². The van der Waals surface area contributed by atoms with Crippen LogP contribution in [0.4, 0.5) is 0 Å². The van der Waals surface area contributed by atoms with Gasteiger partial charge in [-0.15, -0.1) is 0 Å². The molecule has 0 saturated heterocycles. The molecule has 0 bridgehead atoms. The lowest BCUT2D eigenvalue weighted by molar-refractivity contribution is 0.156. The summed E-state index contributed by atoms with van der Waals surface area (Å²) in [6.07, 6.45) is 2.38. The van der Waals surface area contributed by atoms with Crippen LogP contribution in [0.5, 0.6) is 0 Å². The van der Waals surface area contributed by atoms with Gasteiger partial charge in [0.15, 0.2) is 0 Å². The first-order valence-electron chi connectivity index (χ1n) is 6.57. The molecule has 0 amide bonds. The molecular formula is C14H19N3O. The first-order valence-corrected chi connectivity index (χ1v) is 6.57. The number of hydrogen-bond acceptors (Lipinski definition) is 3. The predicted molar refractivity (Wildman–Crippen MR) is 71.4 cm³/mol. The first kappa shape index (κ1) is 11.7. The van der Waals surface area contributed by atoms with Gasteiger partial charge in [0.25, 0.3) is 0 Å². The summed E-state index contributed by atoms with van der Waals surface area (Å²) in [7, 11) is 0. The van der Waals surface area contributed by atoms with Crippen LogP contribution in [-0.2, 0) is 0 Å². The molecule has 1 aromatic heterocycles. The second-order valence-corrected chi connectivity index (χ2v) is 5.16. The molecular weight excluding hydrogens is 226 g/mol. The van der Waals surface area contributed by atoms with Gasteiger partial charge in [-0.1, -0.05) is 6.07 Å². The average molecular weight is 245 g/mol. The summed E-state index contributed by atoms with van der Waals surface area (Å²) >= 11 is 0. The molecule has 0 aliphatic heterocycles. The zero-order valence-corrected chi connectivity index (χ0v) is 10.6. The molecule has 96 valence electrons. The normalized spacial score (nSPS) is 17.3. The molecule has 3 N–H and O–H groups in total. The maximum absolute atomic E-state index is 10.2. The van der Waals surface area contributed by atoms with E-state index in [1.165, 1.54) is 18.4 Å². The van der Waals surface area contributed by atoms with E-state index in [0.717, 1.165) is 16.9 Å². The lowest BCUT2D eigenvalue weighted by Gasteiger charge is -2.12. The molecule has 1 unspecified atom stereocenters. The minimum absolute atomic E-state index is 0.480. The highest BCUT2D eigenvalue weighted by molar-refractivity contribution is 5.77. The minimum Gasteiger partial charge on any atom is -0.385 e. The summed E-state index contributed by atoms with van der Waals surface area (Å²) in [5.74, 6) is 0.781. The van der Waals surface area contributed by atoms with Gasteiger partial charge in [0.05, 0.1) is 11.0 Å². The second-order valence-electron chi connectivity index (χ2n) is 5.16. The number of hydrogen-bond donors (Lipinski definition) is 2. The number of aliphatic hydroxyl groups excluding tert-OH is 1. The summed E-state index contributed by atoms with van der Waals surface area (Å²) in [5.41, 5.74) is 8.84. The van der Waals surface area contributed by atoms with Crippen LogP contribution in [0.3, 0.4) is 0 Å². The summed E-state index contributed by atoms with van der Waals surface area (Å²) in [4.78, 5) is 4.61. The van der Waals surface area contributed by atoms with Crippen molar-refractivity contribution in [2.75, 3.05) is 6.54 Å². The van der Waals surface area contributed by atoms with Crippen molar-refractivity contribution >= 4 is 11.0 Å². The van der Waals surface area contributed by atoms with Gasteiger partial charge in [0.2, 0.25) is 0 Å². The SMILES string of the molecule is Cc1ccc2c(c1)nc(C(O)CCN)n2C1CC1. The van der Waals surface area contributed by atoms with Crippen molar-refractivity contribution in [3.8, 4) is 0 Å². The van der Waals surface area contributed by atoms with E-state index >= 15 is 0 Å². The molecule has 3 rings (SSSR count). The lowest BCUT2D eigenvalue weighted by atomic mass is 10.2. The number of rotatable bonds is 4. The van der Waals surface area contributed by atoms with Crippen LogP contribution >= 0.6 is 0 Å². The predicted octanol–water partition coefficient (Wildman–Crippen LogP) is 2.06. The number of nitrogens with zero attached hydrogens (tertiary/aromatic N) is 2. The van der Waals surface area contributed by atoms with Crippen molar-refractivity contribution < 1.29 is 5.11 Å². The third kappa shape index (κ3) is 1.91. The smallest absolute Gasteiger partial charge is 0.139 e. The van der Waals surface area contributed by atoms with Crippen LogP contribution in [0.1, 0.15) is 42.8 Å². The quantitative estimate of drug-likeness (QED) is 0.866. The molecule has 1 aromatic carbocycles. The molecule has 2 aromatic rings. The van der Waals surface area contributed by atoms with E-state index in [9.17, 15) is 5.11 Å². The van der Waals surface area contributed by atoms with Crippen molar-refractivity contribution in [3.05, 3.63) is 29.6 Å². The van der Waals surface area contributed by atoms with E-state index in [1.54, 1.807) is 0 Å². The summed E-state index contributed by atoms with van der Waals surface area (Å²) in [5, 5.41) is 10.2. The van der Waals surface area contributed by atoms with Gasteiger partial charge in [-0.3, -0.25) is 0 Å². The van der Waals surface area contributed by atoms with Crippen LogP contribution in [0, 0.1) is 6.92 Å². The Bertz CT molecular complexity index is 572. The van der Waals surface area contributed by atoms with Crippen LogP contribution in [0.15, 0.2) is 18.2 Å². The van der Waals surface area contributed by atoms with Crippen LogP contribution in [0.2, 0.25) is 0 Å². The topological polar surface area (TPSA) is 64.1 Å². The Morgan fingerprint density at radius 3 is 2.94 bits per heavy atom. The van der Waals surface area contributed by atoms with Gasteiger partial charge in [-0.25, -0.2) is 4.98 Å². The standard InChI is InChI=1S/C14H19N3O/c1-9-2-5-12-11(8-9)16-14(13(18)6-7-15)17(12)10-3-4-10/h2,5,8,10,13,18H,3-4,6-7,15H2,1H3. The molecule has 4 nitrogen and oxygen atoms in total. The number of aliphatic hydroxyl groups is 1. The summed E-state index contributed by atoms with van der Waals surface area (Å²) in [6.45, 7) is 2.54. The Morgan fingerprint density at radius 2 is 2.28 bits per heavy atom. The number of imidazole rings is 1. The van der Waals surface area contributed by atoms with Crippen molar-refractivity contribution in [1.29, 1.82) is 0 Å². The molecule has 1 aliphatic carbocycles. The Hall–Kier alpha value is -1.39. The number of nitrogens with two attached hydrogens (primary N) is 1. The zero-order chi connectivity index (χ0) is 12.7. The molecule has 4 heteroatoms. The Balaban J connectivity index is 2.14. The lowest BCUT2D eigenvalue weighted by Crippen LogP contribution is -2.12. The summed E-state index contributed by atoms with van der Waals surface area (Å²) < 4.78 is 2.20. The molecule has 1 aliphatic rings. The van der Waals surface area contributed by atoms with Crippen molar-refractivity contribution in [3.63, 3.8) is 0 Å². The van der Waals surface area contributed by atoms with Gasteiger partial charge >= 0.3 is 0 Å². The maximum Gasteiger partial charge on any atom is 0.139 e. The van der Waals surface area contributed by atoms with Crippen LogP contribution in [0.25, 0.3) is 11.0 Å². The fourth-order valence-electron chi connectivity index (χ4n) is 2.47. The van der Waals surface area contributed by atoms with E-state index in [1.807, 2.05) is 0 Å². The Labute approximate surface area is 106 Å². The Morgan fingerprint density at radius 1 is 1.50 bits per heavy atom. The van der Waals surface area contributed by atoms with Crippen molar-refractivity contribution in [2.24, 2.45) is 5.73 Å². The van der Waals surface area contributed by atoms with Crippen LogP contribution in [-0.4, -0.2) is 21.2 Å². The largest absolute Gasteiger partial charge is 0.385 e. The van der Waals surface area contributed by atoms with Gasteiger partial charge < -0.3 is 15.4 Å². The fraction of sp³-hybridized carbons (Fsp3) is 0.500.